The third-order valence-corrected chi connectivity index (χ3v) is 11.1. The maximum absolute atomic E-state index is 14.2. The van der Waals surface area contributed by atoms with Crippen molar-refractivity contribution < 1.29 is 29.3 Å². The number of benzene rings is 3. The van der Waals surface area contributed by atoms with Crippen LogP contribution >= 0.6 is 23.1 Å². The molecule has 0 spiro atoms. The van der Waals surface area contributed by atoms with Crippen molar-refractivity contribution >= 4 is 40.8 Å². The maximum atomic E-state index is 14.2. The molecule has 3 aromatic carbocycles. The molecule has 5 rings (SSSR count). The van der Waals surface area contributed by atoms with Gasteiger partial charge in [0, 0.05) is 13.0 Å². The molecule has 1 aliphatic rings. The topological polar surface area (TPSA) is 175 Å². The minimum atomic E-state index is -1.45. The minimum Gasteiger partial charge on any atom is -0.497 e. The van der Waals surface area contributed by atoms with Crippen molar-refractivity contribution in [1.29, 1.82) is 0 Å². The number of hydrogen-bond donors (Lipinski definition) is 6. The molecule has 1 heterocycles. The smallest absolute Gasteiger partial charge is 0.243 e. The lowest BCUT2D eigenvalue weighted by Gasteiger charge is -2.35. The molecule has 1 aromatic heterocycles. The molecule has 0 radical (unpaired) electrons. The number of carbonyl (C=O) groups excluding carboxylic acids is 3. The van der Waals surface area contributed by atoms with E-state index in [1.54, 1.807) is 19.2 Å². The standard InChI is InChI=1S/C39H48N6O6S2/c1-23-44-45-38(53-23)52-22-31(47)42-35(39(2,3)4)37(50)41-29(19-24-11-7-6-8-12-24)34(48)33(40-21-25-15-17-27(51-5)18-16-25)36(49)43-32-28-14-10-9-13-26(28)20-30(32)46/h6-18,29-30,32-35,40,46,48H,19-22H2,1-5H3,(H,41,50)(H,42,47)(H,43,49)/t29-,30+,32-,33+,34+,35+/m0/s1. The first-order chi connectivity index (χ1) is 25.3. The Kier molecular flexibility index (Phi) is 13.6. The fourth-order valence-electron chi connectivity index (χ4n) is 6.30. The van der Waals surface area contributed by atoms with Gasteiger partial charge in [0.25, 0.3) is 0 Å². The zero-order valence-electron chi connectivity index (χ0n) is 30.5. The number of amides is 3. The van der Waals surface area contributed by atoms with Crippen LogP contribution in [0.15, 0.2) is 83.2 Å². The Morgan fingerprint density at radius 3 is 2.30 bits per heavy atom. The van der Waals surface area contributed by atoms with Gasteiger partial charge >= 0.3 is 0 Å². The first-order valence-corrected chi connectivity index (χ1v) is 19.3. The molecule has 0 fully saturated rings. The SMILES string of the molecule is COc1ccc(CN[C@@H](C(=O)N[C@H]2c3ccccc3C[C@H]2O)[C@H](O)[C@H](Cc2ccccc2)NC(=O)[C@@H](NC(=O)CSc2nnc(C)s2)C(C)(C)C)cc1. The number of methoxy groups -OCH3 is 1. The van der Waals surface area contributed by atoms with Crippen molar-refractivity contribution in [3.05, 3.63) is 106 Å². The number of aryl methyl sites for hydroxylation is 1. The van der Waals surface area contributed by atoms with Crippen LogP contribution < -0.4 is 26.0 Å². The average molecular weight is 761 g/mol. The minimum absolute atomic E-state index is 0.0399. The summed E-state index contributed by atoms with van der Waals surface area (Å²) in [7, 11) is 1.58. The number of nitrogens with one attached hydrogen (secondary N) is 4. The predicted octanol–water partition coefficient (Wildman–Crippen LogP) is 3.50. The summed E-state index contributed by atoms with van der Waals surface area (Å²) in [5.74, 6) is -0.678. The van der Waals surface area contributed by atoms with Crippen molar-refractivity contribution in [2.75, 3.05) is 12.9 Å². The molecule has 6 N–H and O–H groups in total. The fraction of sp³-hybridized carbons (Fsp3) is 0.410. The van der Waals surface area contributed by atoms with Crippen molar-refractivity contribution in [1.82, 2.24) is 31.5 Å². The molecule has 0 aliphatic heterocycles. The molecular formula is C39H48N6O6S2. The molecule has 53 heavy (non-hydrogen) atoms. The number of carbonyl (C=O) groups is 3. The van der Waals surface area contributed by atoms with E-state index >= 15 is 0 Å². The van der Waals surface area contributed by atoms with E-state index in [-0.39, 0.29) is 24.6 Å². The highest BCUT2D eigenvalue weighted by atomic mass is 32.2. The Labute approximate surface area is 318 Å². The van der Waals surface area contributed by atoms with E-state index < -0.39 is 53.6 Å². The highest BCUT2D eigenvalue weighted by Crippen LogP contribution is 2.31. The van der Waals surface area contributed by atoms with Gasteiger partial charge in [0.15, 0.2) is 4.34 Å². The van der Waals surface area contributed by atoms with Gasteiger partial charge in [-0.15, -0.1) is 10.2 Å². The summed E-state index contributed by atoms with van der Waals surface area (Å²) in [6.07, 6.45) is -1.72. The number of fused-ring (bicyclic) bond motifs is 1. The van der Waals surface area contributed by atoms with E-state index in [0.717, 1.165) is 27.3 Å². The van der Waals surface area contributed by atoms with E-state index in [0.29, 0.717) is 16.5 Å². The lowest BCUT2D eigenvalue weighted by atomic mass is 9.85. The molecule has 12 nitrogen and oxygen atoms in total. The van der Waals surface area contributed by atoms with Crippen molar-refractivity contribution in [3.63, 3.8) is 0 Å². The Morgan fingerprint density at radius 1 is 0.943 bits per heavy atom. The maximum Gasteiger partial charge on any atom is 0.243 e. The third-order valence-electron chi connectivity index (χ3n) is 9.12. The number of rotatable bonds is 16. The predicted molar refractivity (Wildman–Crippen MR) is 205 cm³/mol. The van der Waals surface area contributed by atoms with E-state index in [2.05, 4.69) is 31.5 Å². The van der Waals surface area contributed by atoms with E-state index in [1.165, 1.54) is 23.1 Å². The molecule has 0 unspecified atom stereocenters. The summed E-state index contributed by atoms with van der Waals surface area (Å²) < 4.78 is 5.94. The molecule has 0 saturated heterocycles. The van der Waals surface area contributed by atoms with Crippen LogP contribution in [0.4, 0.5) is 0 Å². The van der Waals surface area contributed by atoms with Crippen molar-refractivity contribution in [3.8, 4) is 5.75 Å². The van der Waals surface area contributed by atoms with Gasteiger partial charge < -0.3 is 30.9 Å². The number of aliphatic hydroxyl groups is 2. The monoisotopic (exact) mass is 760 g/mol. The van der Waals surface area contributed by atoms with E-state index in [1.807, 2.05) is 94.4 Å². The van der Waals surface area contributed by atoms with Gasteiger partial charge in [-0.3, -0.25) is 19.7 Å². The van der Waals surface area contributed by atoms with Gasteiger partial charge in [0.2, 0.25) is 17.7 Å². The fourth-order valence-corrected chi connectivity index (χ4v) is 7.92. The Hall–Kier alpha value is -4.34. The summed E-state index contributed by atoms with van der Waals surface area (Å²) in [5, 5.41) is 44.1. The zero-order chi connectivity index (χ0) is 38.1. The largest absolute Gasteiger partial charge is 0.497 e. The number of aromatic nitrogens is 2. The highest BCUT2D eigenvalue weighted by molar-refractivity contribution is 8.01. The van der Waals surface area contributed by atoms with Crippen LogP contribution in [0.25, 0.3) is 0 Å². The van der Waals surface area contributed by atoms with Crippen LogP contribution in [0.3, 0.4) is 0 Å². The van der Waals surface area contributed by atoms with Crippen molar-refractivity contribution in [2.45, 2.75) is 87.8 Å². The van der Waals surface area contributed by atoms with Gasteiger partial charge in [0.1, 0.15) is 22.8 Å². The average Bonchev–Trinajstić information content (AvgIpc) is 3.70. The Bertz CT molecular complexity index is 1830. The molecule has 0 bridgehead atoms. The van der Waals surface area contributed by atoms with E-state index in [4.69, 9.17) is 4.74 Å². The number of hydrogen-bond acceptors (Lipinski definition) is 11. The van der Waals surface area contributed by atoms with Crippen LogP contribution in [0.5, 0.6) is 5.75 Å². The lowest BCUT2D eigenvalue weighted by molar-refractivity contribution is -0.133. The molecule has 0 saturated carbocycles. The molecule has 4 aromatic rings. The second kappa shape index (κ2) is 18.1. The number of thioether (sulfide) groups is 1. The summed E-state index contributed by atoms with van der Waals surface area (Å²) in [5.41, 5.74) is 2.71. The summed E-state index contributed by atoms with van der Waals surface area (Å²) in [4.78, 5) is 41.5. The van der Waals surface area contributed by atoms with Crippen LogP contribution in [-0.4, -0.2) is 81.3 Å². The van der Waals surface area contributed by atoms with Crippen LogP contribution in [0.1, 0.15) is 54.1 Å². The molecular weight excluding hydrogens is 713 g/mol. The summed E-state index contributed by atoms with van der Waals surface area (Å²) in [6, 6.07) is 20.4. The van der Waals surface area contributed by atoms with Gasteiger partial charge in [-0.2, -0.15) is 0 Å². The molecule has 1 aliphatic carbocycles. The molecule has 14 heteroatoms. The first-order valence-electron chi connectivity index (χ1n) is 17.5. The van der Waals surface area contributed by atoms with Crippen LogP contribution in [-0.2, 0) is 33.8 Å². The number of ether oxygens (including phenoxy) is 1. The van der Waals surface area contributed by atoms with Crippen LogP contribution in [0.2, 0.25) is 0 Å². The third kappa shape index (κ3) is 10.9. The van der Waals surface area contributed by atoms with Gasteiger partial charge in [-0.05, 0) is 53.1 Å². The summed E-state index contributed by atoms with van der Waals surface area (Å²) in [6.45, 7) is 7.58. The number of nitrogens with zero attached hydrogens (tertiary/aromatic N) is 2. The molecule has 282 valence electrons. The molecule has 3 amide bonds. The van der Waals surface area contributed by atoms with Gasteiger partial charge in [-0.1, -0.05) is 111 Å². The molecule has 6 atom stereocenters. The Morgan fingerprint density at radius 2 is 1.64 bits per heavy atom. The van der Waals surface area contributed by atoms with Gasteiger partial charge in [-0.25, -0.2) is 0 Å². The quantitative estimate of drug-likeness (QED) is 0.0929. The van der Waals surface area contributed by atoms with Crippen molar-refractivity contribution in [2.24, 2.45) is 5.41 Å². The van der Waals surface area contributed by atoms with Gasteiger partial charge in [0.05, 0.1) is 37.2 Å². The number of aliphatic hydroxyl groups excluding tert-OH is 2. The second-order valence-corrected chi connectivity index (χ2v) is 16.6. The zero-order valence-corrected chi connectivity index (χ0v) is 32.2. The first kappa shape index (κ1) is 39.9. The summed E-state index contributed by atoms with van der Waals surface area (Å²) >= 11 is 2.62. The van der Waals surface area contributed by atoms with E-state index in [9.17, 15) is 24.6 Å². The highest BCUT2D eigenvalue weighted by Gasteiger charge is 2.40. The van der Waals surface area contributed by atoms with Crippen LogP contribution in [0, 0.1) is 12.3 Å². The lowest BCUT2D eigenvalue weighted by Crippen LogP contribution is -2.62. The normalized spacial score (nSPS) is 17.6. The second-order valence-electron chi connectivity index (χ2n) is 14.2. The Balaban J connectivity index is 1.40.